The average molecular weight is 183 g/mol. The molecule has 64 valence electrons. The number of hydrogen-bond acceptors (Lipinski definition) is 2. The van der Waals surface area contributed by atoms with E-state index in [0.29, 0.717) is 5.46 Å². The zero-order valence-electron chi connectivity index (χ0n) is 6.87. The van der Waals surface area contributed by atoms with Crippen LogP contribution in [0.3, 0.4) is 0 Å². The normalized spacial score (nSPS) is 12.7. The summed E-state index contributed by atoms with van der Waals surface area (Å²) in [6, 6.07) is 7.29. The van der Waals surface area contributed by atoms with Gasteiger partial charge in [-0.2, -0.15) is 0 Å². The van der Waals surface area contributed by atoms with E-state index in [2.05, 4.69) is 0 Å². The Morgan fingerprint density at radius 1 is 1.58 bits per heavy atom. The fraction of sp³-hybridized carbons (Fsp3) is 0.250. The molecule has 0 saturated heterocycles. The van der Waals surface area contributed by atoms with Crippen molar-refractivity contribution in [3.63, 3.8) is 0 Å². The fourth-order valence-corrected chi connectivity index (χ4v) is 1.13. The van der Waals surface area contributed by atoms with Crippen molar-refractivity contribution < 1.29 is 5.02 Å². The first-order valence-electron chi connectivity index (χ1n) is 3.79. The molecule has 0 aliphatic rings. The molecule has 0 bridgehead atoms. The van der Waals surface area contributed by atoms with Gasteiger partial charge in [0.2, 0.25) is 0 Å². The van der Waals surface area contributed by atoms with Crippen LogP contribution in [0.2, 0.25) is 0 Å². The van der Waals surface area contributed by atoms with Crippen molar-refractivity contribution in [3.05, 3.63) is 29.8 Å². The van der Waals surface area contributed by atoms with E-state index >= 15 is 0 Å². The Balaban J connectivity index is 2.96. The van der Waals surface area contributed by atoms with Gasteiger partial charge in [0.25, 0.3) is 0 Å². The largest absolute Gasteiger partial charge is 0.434 e. The summed E-state index contributed by atoms with van der Waals surface area (Å²) in [6.45, 7) is 1.89. The van der Waals surface area contributed by atoms with Crippen LogP contribution in [-0.2, 0) is 0 Å². The van der Waals surface area contributed by atoms with Gasteiger partial charge in [-0.3, -0.25) is 0 Å². The highest BCUT2D eigenvalue weighted by Crippen LogP contribution is 2.06. The topological polar surface area (TPSA) is 46.2 Å². The lowest BCUT2D eigenvalue weighted by atomic mass is 9.85. The predicted octanol–water partition coefficient (Wildman–Crippen LogP) is 0.633. The lowest BCUT2D eigenvalue weighted by Gasteiger charge is -2.06. The standard InChI is InChI=1S/C8H11BClNO/c1-6(11)7-3-2-4-8(5-7)9(10)12/h2-6,12H,11H2,1H3. The quantitative estimate of drug-likeness (QED) is 0.661. The third kappa shape index (κ3) is 2.24. The summed E-state index contributed by atoms with van der Waals surface area (Å²) in [4.78, 5) is 0. The molecular formula is C8H11BClNO. The Morgan fingerprint density at radius 2 is 2.25 bits per heavy atom. The average Bonchev–Trinajstić information content (AvgIpc) is 2.04. The van der Waals surface area contributed by atoms with E-state index < -0.39 is 6.33 Å². The molecule has 0 saturated carbocycles. The molecule has 2 nitrogen and oxygen atoms in total. The van der Waals surface area contributed by atoms with E-state index in [9.17, 15) is 0 Å². The molecule has 1 rings (SSSR count). The van der Waals surface area contributed by atoms with E-state index in [1.807, 2.05) is 25.1 Å². The van der Waals surface area contributed by atoms with Crippen molar-refractivity contribution in [3.8, 4) is 0 Å². The van der Waals surface area contributed by atoms with Crippen LogP contribution in [0.15, 0.2) is 24.3 Å². The summed E-state index contributed by atoms with van der Waals surface area (Å²) in [6.07, 6.45) is -0.941. The van der Waals surface area contributed by atoms with Gasteiger partial charge in [0, 0.05) is 6.04 Å². The van der Waals surface area contributed by atoms with Gasteiger partial charge < -0.3 is 10.8 Å². The van der Waals surface area contributed by atoms with Gasteiger partial charge in [-0.25, -0.2) is 0 Å². The van der Waals surface area contributed by atoms with Crippen molar-refractivity contribution in [2.45, 2.75) is 13.0 Å². The molecular weight excluding hydrogens is 172 g/mol. The maximum absolute atomic E-state index is 9.05. The second-order valence-electron chi connectivity index (χ2n) is 2.79. The minimum atomic E-state index is -0.941. The maximum atomic E-state index is 9.05. The summed E-state index contributed by atoms with van der Waals surface area (Å²) >= 11 is 5.49. The summed E-state index contributed by atoms with van der Waals surface area (Å²) in [5.41, 5.74) is 7.32. The molecule has 0 radical (unpaired) electrons. The highest BCUT2D eigenvalue weighted by molar-refractivity contribution is 7.09. The van der Waals surface area contributed by atoms with Crippen molar-refractivity contribution in [2.75, 3.05) is 0 Å². The van der Waals surface area contributed by atoms with Crippen LogP contribution in [-0.4, -0.2) is 11.4 Å². The van der Waals surface area contributed by atoms with E-state index in [1.54, 1.807) is 6.07 Å². The van der Waals surface area contributed by atoms with Crippen LogP contribution >= 0.6 is 11.5 Å². The molecule has 0 fully saturated rings. The number of hydrogen-bond donors (Lipinski definition) is 2. The molecule has 0 aromatic heterocycles. The Kier molecular flexibility index (Phi) is 3.15. The van der Waals surface area contributed by atoms with Gasteiger partial charge in [0.05, 0.1) is 0 Å². The molecule has 0 heterocycles. The van der Waals surface area contributed by atoms with E-state index in [0.717, 1.165) is 5.56 Å². The zero-order valence-corrected chi connectivity index (χ0v) is 7.62. The summed E-state index contributed by atoms with van der Waals surface area (Å²) in [5, 5.41) is 9.05. The molecule has 0 amide bonds. The maximum Gasteiger partial charge on any atom is 0.431 e. The summed E-state index contributed by atoms with van der Waals surface area (Å²) < 4.78 is 0. The minimum Gasteiger partial charge on any atom is -0.434 e. The number of benzene rings is 1. The predicted molar refractivity (Wildman–Crippen MR) is 52.5 cm³/mol. The zero-order chi connectivity index (χ0) is 9.14. The number of rotatable bonds is 2. The highest BCUT2D eigenvalue weighted by Gasteiger charge is 2.10. The van der Waals surface area contributed by atoms with Crippen molar-refractivity contribution in [2.24, 2.45) is 5.73 Å². The van der Waals surface area contributed by atoms with E-state index in [4.69, 9.17) is 22.2 Å². The Hall–Kier alpha value is -0.505. The molecule has 12 heavy (non-hydrogen) atoms. The van der Waals surface area contributed by atoms with Gasteiger partial charge >= 0.3 is 6.33 Å². The SMILES string of the molecule is CC(N)c1cccc(B(O)Cl)c1. The van der Waals surface area contributed by atoms with Crippen LogP contribution in [0.5, 0.6) is 0 Å². The van der Waals surface area contributed by atoms with Gasteiger partial charge in [-0.15, -0.1) is 11.5 Å². The van der Waals surface area contributed by atoms with Crippen LogP contribution in [0.1, 0.15) is 18.5 Å². The van der Waals surface area contributed by atoms with Crippen LogP contribution in [0.4, 0.5) is 0 Å². The van der Waals surface area contributed by atoms with Crippen molar-refractivity contribution >= 4 is 23.3 Å². The van der Waals surface area contributed by atoms with Gasteiger partial charge in [0.1, 0.15) is 0 Å². The molecule has 0 spiro atoms. The minimum absolute atomic E-state index is 0.0274. The monoisotopic (exact) mass is 183 g/mol. The van der Waals surface area contributed by atoms with E-state index in [1.165, 1.54) is 0 Å². The summed E-state index contributed by atoms with van der Waals surface area (Å²) in [5.74, 6) is 0. The van der Waals surface area contributed by atoms with Gasteiger partial charge in [-0.1, -0.05) is 24.3 Å². The highest BCUT2D eigenvalue weighted by atomic mass is 35.5. The van der Waals surface area contributed by atoms with Crippen molar-refractivity contribution in [1.29, 1.82) is 0 Å². The first-order chi connectivity index (χ1) is 5.61. The number of halogens is 1. The smallest absolute Gasteiger partial charge is 0.431 e. The molecule has 4 heteroatoms. The molecule has 1 unspecified atom stereocenters. The molecule has 1 aromatic carbocycles. The second kappa shape index (κ2) is 3.94. The number of nitrogens with two attached hydrogens (primary N) is 1. The third-order valence-corrected chi connectivity index (χ3v) is 1.96. The fourth-order valence-electron chi connectivity index (χ4n) is 0.990. The third-order valence-electron chi connectivity index (χ3n) is 1.71. The Labute approximate surface area is 77.4 Å². The lowest BCUT2D eigenvalue weighted by molar-refractivity contribution is 0.607. The Morgan fingerprint density at radius 3 is 2.75 bits per heavy atom. The van der Waals surface area contributed by atoms with Crippen LogP contribution < -0.4 is 11.2 Å². The second-order valence-corrected chi connectivity index (χ2v) is 3.21. The molecule has 0 aliphatic carbocycles. The Bertz CT molecular complexity index is 242. The molecule has 1 atom stereocenters. The molecule has 1 aromatic rings. The van der Waals surface area contributed by atoms with Crippen LogP contribution in [0.25, 0.3) is 0 Å². The van der Waals surface area contributed by atoms with Crippen LogP contribution in [0, 0.1) is 0 Å². The van der Waals surface area contributed by atoms with E-state index in [-0.39, 0.29) is 6.04 Å². The first kappa shape index (κ1) is 9.58. The molecule has 0 aliphatic heterocycles. The van der Waals surface area contributed by atoms with Gasteiger partial charge in [-0.05, 0) is 17.9 Å². The summed E-state index contributed by atoms with van der Waals surface area (Å²) in [7, 11) is 0. The lowest BCUT2D eigenvalue weighted by Crippen LogP contribution is -2.24. The van der Waals surface area contributed by atoms with Gasteiger partial charge in [0.15, 0.2) is 0 Å². The first-order valence-corrected chi connectivity index (χ1v) is 4.22. The van der Waals surface area contributed by atoms with Crippen molar-refractivity contribution in [1.82, 2.24) is 0 Å². The molecule has 3 N–H and O–H groups in total.